The van der Waals surface area contributed by atoms with E-state index in [0.717, 1.165) is 24.3 Å². The van der Waals surface area contributed by atoms with Gasteiger partial charge in [-0.1, -0.05) is 24.1 Å². The van der Waals surface area contributed by atoms with Crippen molar-refractivity contribution in [3.63, 3.8) is 0 Å². The third-order valence-electron chi connectivity index (χ3n) is 3.88. The highest BCUT2D eigenvalue weighted by atomic mass is 35.5. The summed E-state index contributed by atoms with van der Waals surface area (Å²) in [7, 11) is 2.20. The summed E-state index contributed by atoms with van der Waals surface area (Å²) in [5.41, 5.74) is 6.72. The molecule has 1 atom stereocenters. The van der Waals surface area contributed by atoms with Crippen LogP contribution in [0.15, 0.2) is 18.2 Å². The Bertz CT molecular complexity index is 411. The van der Waals surface area contributed by atoms with E-state index < -0.39 is 0 Å². The van der Waals surface area contributed by atoms with Crippen molar-refractivity contribution < 1.29 is 4.74 Å². The van der Waals surface area contributed by atoms with Crippen molar-refractivity contribution in [1.82, 2.24) is 4.90 Å². The molecule has 4 heteroatoms. The summed E-state index contributed by atoms with van der Waals surface area (Å²) in [4.78, 5) is 2.44. The molecule has 0 bridgehead atoms. The number of piperidine rings is 1. The van der Waals surface area contributed by atoms with Gasteiger partial charge in [-0.25, -0.2) is 0 Å². The Morgan fingerprint density at radius 2 is 2.26 bits per heavy atom. The molecular weight excluding hydrogens is 260 g/mol. The summed E-state index contributed by atoms with van der Waals surface area (Å²) >= 11 is 6.00. The molecule has 1 aromatic carbocycles. The SMILES string of the molecule is CN1CCCCC1CCOc1cc(Cl)ccc1CN. The minimum atomic E-state index is 0.482. The number of benzene rings is 1. The van der Waals surface area contributed by atoms with Crippen molar-refractivity contribution in [2.75, 3.05) is 20.2 Å². The van der Waals surface area contributed by atoms with Gasteiger partial charge in [-0.15, -0.1) is 0 Å². The Hall–Kier alpha value is -0.770. The van der Waals surface area contributed by atoms with Crippen molar-refractivity contribution in [2.24, 2.45) is 5.73 Å². The standard InChI is InChI=1S/C15H23ClN2O/c1-18-8-3-2-4-14(18)7-9-19-15-10-13(16)6-5-12(15)11-17/h5-6,10,14H,2-4,7-9,11,17H2,1H3. The summed E-state index contributed by atoms with van der Waals surface area (Å²) in [5, 5.41) is 0.696. The monoisotopic (exact) mass is 282 g/mol. The average molecular weight is 283 g/mol. The van der Waals surface area contributed by atoms with E-state index in [1.807, 2.05) is 18.2 Å². The Labute approximate surface area is 120 Å². The number of halogens is 1. The predicted octanol–water partition coefficient (Wildman–Crippen LogP) is 3.05. The highest BCUT2D eigenvalue weighted by Gasteiger charge is 2.18. The lowest BCUT2D eigenvalue weighted by molar-refractivity contribution is 0.153. The first-order chi connectivity index (χ1) is 9.20. The zero-order chi connectivity index (χ0) is 13.7. The molecule has 1 heterocycles. The summed E-state index contributed by atoms with van der Waals surface area (Å²) in [6.07, 6.45) is 4.99. The topological polar surface area (TPSA) is 38.5 Å². The molecule has 1 fully saturated rings. The lowest BCUT2D eigenvalue weighted by atomic mass is 10.0. The van der Waals surface area contributed by atoms with Crippen molar-refractivity contribution in [1.29, 1.82) is 0 Å². The minimum Gasteiger partial charge on any atom is -0.493 e. The van der Waals surface area contributed by atoms with Gasteiger partial charge < -0.3 is 15.4 Å². The molecule has 0 spiro atoms. The maximum atomic E-state index is 6.00. The molecule has 19 heavy (non-hydrogen) atoms. The fourth-order valence-electron chi connectivity index (χ4n) is 2.65. The Morgan fingerprint density at radius 3 is 3.00 bits per heavy atom. The zero-order valence-electron chi connectivity index (χ0n) is 11.6. The summed E-state index contributed by atoms with van der Waals surface area (Å²) in [5.74, 6) is 0.827. The highest BCUT2D eigenvalue weighted by Crippen LogP contribution is 2.24. The molecule has 3 nitrogen and oxygen atoms in total. The lowest BCUT2D eigenvalue weighted by Gasteiger charge is -2.32. The second kappa shape index (κ2) is 7.13. The van der Waals surface area contributed by atoms with Gasteiger partial charge in [-0.3, -0.25) is 0 Å². The fourth-order valence-corrected chi connectivity index (χ4v) is 2.81. The lowest BCUT2D eigenvalue weighted by Crippen LogP contribution is -2.37. The number of nitrogens with two attached hydrogens (primary N) is 1. The molecule has 0 aromatic heterocycles. The number of ether oxygens (including phenoxy) is 1. The van der Waals surface area contributed by atoms with Gasteiger partial charge in [0.15, 0.2) is 0 Å². The summed E-state index contributed by atoms with van der Waals surface area (Å²) in [6, 6.07) is 6.29. The van der Waals surface area contributed by atoms with E-state index >= 15 is 0 Å². The predicted molar refractivity (Wildman–Crippen MR) is 79.7 cm³/mol. The average Bonchev–Trinajstić information content (AvgIpc) is 2.41. The smallest absolute Gasteiger partial charge is 0.125 e. The normalized spacial score (nSPS) is 20.5. The van der Waals surface area contributed by atoms with Crippen molar-refractivity contribution in [3.8, 4) is 5.75 Å². The quantitative estimate of drug-likeness (QED) is 0.902. The molecular formula is C15H23ClN2O. The maximum absolute atomic E-state index is 6.00. The van der Waals surface area contributed by atoms with Crippen LogP contribution in [0.1, 0.15) is 31.2 Å². The molecule has 1 aliphatic heterocycles. The van der Waals surface area contributed by atoms with E-state index in [9.17, 15) is 0 Å². The molecule has 0 amide bonds. The highest BCUT2D eigenvalue weighted by molar-refractivity contribution is 6.30. The van der Waals surface area contributed by atoms with Crippen LogP contribution in [0.5, 0.6) is 5.75 Å². The number of rotatable bonds is 5. The molecule has 2 N–H and O–H groups in total. The third kappa shape index (κ3) is 4.10. The third-order valence-corrected chi connectivity index (χ3v) is 4.11. The Kier molecular flexibility index (Phi) is 5.49. The van der Waals surface area contributed by atoms with Gasteiger partial charge in [0.05, 0.1) is 6.61 Å². The zero-order valence-corrected chi connectivity index (χ0v) is 12.3. The van der Waals surface area contributed by atoms with Crippen molar-refractivity contribution in [2.45, 2.75) is 38.3 Å². The van der Waals surface area contributed by atoms with Gasteiger partial charge in [-0.05, 0) is 45.0 Å². The van der Waals surface area contributed by atoms with E-state index in [1.54, 1.807) is 0 Å². The maximum Gasteiger partial charge on any atom is 0.125 e. The second-order valence-electron chi connectivity index (χ2n) is 5.22. The molecule has 106 valence electrons. The summed E-state index contributed by atoms with van der Waals surface area (Å²) < 4.78 is 5.87. The van der Waals surface area contributed by atoms with Gasteiger partial charge in [-0.2, -0.15) is 0 Å². The van der Waals surface area contributed by atoms with Crippen LogP contribution in [-0.4, -0.2) is 31.1 Å². The van der Waals surface area contributed by atoms with Gasteiger partial charge in [0.25, 0.3) is 0 Å². The van der Waals surface area contributed by atoms with Crippen LogP contribution in [0.25, 0.3) is 0 Å². The van der Waals surface area contributed by atoms with E-state index in [2.05, 4.69) is 11.9 Å². The van der Waals surface area contributed by atoms with Crippen LogP contribution in [-0.2, 0) is 6.54 Å². The first-order valence-electron chi connectivity index (χ1n) is 7.02. The number of hydrogen-bond donors (Lipinski definition) is 1. The van der Waals surface area contributed by atoms with Crippen LogP contribution in [0.2, 0.25) is 5.02 Å². The largest absolute Gasteiger partial charge is 0.493 e. The van der Waals surface area contributed by atoms with E-state index in [-0.39, 0.29) is 0 Å². The van der Waals surface area contributed by atoms with Crippen molar-refractivity contribution in [3.05, 3.63) is 28.8 Å². The molecule has 1 aliphatic rings. The summed E-state index contributed by atoms with van der Waals surface area (Å²) in [6.45, 7) is 2.41. The number of hydrogen-bond acceptors (Lipinski definition) is 3. The van der Waals surface area contributed by atoms with Gasteiger partial charge in [0.2, 0.25) is 0 Å². The van der Waals surface area contributed by atoms with E-state index in [0.29, 0.717) is 17.6 Å². The number of nitrogens with zero attached hydrogens (tertiary/aromatic N) is 1. The molecule has 1 unspecified atom stereocenters. The molecule has 0 aliphatic carbocycles. The van der Waals surface area contributed by atoms with Crippen molar-refractivity contribution >= 4 is 11.6 Å². The van der Waals surface area contributed by atoms with Crippen LogP contribution in [0, 0.1) is 0 Å². The minimum absolute atomic E-state index is 0.482. The van der Waals surface area contributed by atoms with Gasteiger partial charge >= 0.3 is 0 Å². The van der Waals surface area contributed by atoms with Gasteiger partial charge in [0, 0.05) is 23.2 Å². The Balaban J connectivity index is 1.86. The van der Waals surface area contributed by atoms with Gasteiger partial charge in [0.1, 0.15) is 5.75 Å². The van der Waals surface area contributed by atoms with Crippen LogP contribution in [0.4, 0.5) is 0 Å². The molecule has 2 rings (SSSR count). The molecule has 0 radical (unpaired) electrons. The molecule has 1 aromatic rings. The van der Waals surface area contributed by atoms with E-state index in [4.69, 9.17) is 22.1 Å². The molecule has 1 saturated heterocycles. The second-order valence-corrected chi connectivity index (χ2v) is 5.66. The first-order valence-corrected chi connectivity index (χ1v) is 7.40. The Morgan fingerprint density at radius 1 is 1.42 bits per heavy atom. The first kappa shape index (κ1) is 14.6. The van der Waals surface area contributed by atoms with Crippen LogP contribution >= 0.6 is 11.6 Å². The fraction of sp³-hybridized carbons (Fsp3) is 0.600. The number of likely N-dealkylation sites (tertiary alicyclic amines) is 1. The van der Waals surface area contributed by atoms with Crippen LogP contribution in [0.3, 0.4) is 0 Å². The molecule has 0 saturated carbocycles. The van der Waals surface area contributed by atoms with E-state index in [1.165, 1.54) is 25.8 Å². The van der Waals surface area contributed by atoms with Crippen LogP contribution < -0.4 is 10.5 Å².